The summed E-state index contributed by atoms with van der Waals surface area (Å²) in [5.41, 5.74) is 7.56. The van der Waals surface area contributed by atoms with Gasteiger partial charge in [-0.1, -0.05) is 54.8 Å². The minimum absolute atomic E-state index is 0.00109. The van der Waals surface area contributed by atoms with Crippen LogP contribution in [0.3, 0.4) is 0 Å². The highest BCUT2D eigenvalue weighted by Crippen LogP contribution is 2.41. The van der Waals surface area contributed by atoms with Crippen LogP contribution in [0, 0.1) is 24.6 Å². The Balaban J connectivity index is 0.799. The van der Waals surface area contributed by atoms with Crippen molar-refractivity contribution in [3.63, 3.8) is 0 Å². The zero-order valence-corrected chi connectivity index (χ0v) is 42.1. The second-order valence-corrected chi connectivity index (χ2v) is 22.0. The molecule has 0 spiro atoms. The lowest BCUT2D eigenvalue weighted by atomic mass is 9.75. The summed E-state index contributed by atoms with van der Waals surface area (Å²) in [5, 5.41) is 10.5. The minimum Gasteiger partial charge on any atom is -0.372 e. The Hall–Kier alpha value is -4.92. The van der Waals surface area contributed by atoms with E-state index in [9.17, 15) is 23.6 Å². The summed E-state index contributed by atoms with van der Waals surface area (Å²) in [4.78, 5) is 62.1. The summed E-state index contributed by atoms with van der Waals surface area (Å²) < 4.78 is 30.6. The normalized spacial score (nSPS) is 26.7. The number of hydrogen-bond donors (Lipinski definition) is 0. The number of hydrogen-bond acceptors (Lipinski definition) is 8. The molecule has 0 radical (unpaired) electrons. The SMILES string of the molecule is Cc1c(F)cccc1C1CCCC(CCC(=O)Cn2nc(C(=O)N3C[C@@H](C)O[C@@H](C)C3)c3c2CC(C[C@H]2CN(C(=O)c4nn(CC(=O)N5CCC(c6ccccc6Cl)C5)c5c4CCC5)C[C@@H](C)O2)C3)C1. The monoisotopic (exact) mass is 977 g/mol. The first-order valence-corrected chi connectivity index (χ1v) is 26.5. The molecule has 374 valence electrons. The molecule has 4 fully saturated rings. The summed E-state index contributed by atoms with van der Waals surface area (Å²) in [6, 6.07) is 13.2. The zero-order chi connectivity index (χ0) is 48.8. The lowest BCUT2D eigenvalue weighted by molar-refractivity contribution is -0.131. The second-order valence-electron chi connectivity index (χ2n) is 21.6. The van der Waals surface area contributed by atoms with Gasteiger partial charge in [0.2, 0.25) is 5.91 Å². The van der Waals surface area contributed by atoms with Crippen molar-refractivity contribution in [3.05, 3.63) is 104 Å². The number of fused-ring (bicyclic) bond motifs is 2. The Kier molecular flexibility index (Phi) is 14.4. The van der Waals surface area contributed by atoms with Gasteiger partial charge in [0.25, 0.3) is 11.8 Å². The third-order valence-corrected chi connectivity index (χ3v) is 16.7. The fraction of sp³-hybridized carbons (Fsp3) is 0.600. The van der Waals surface area contributed by atoms with Gasteiger partial charge in [0.15, 0.2) is 17.2 Å². The molecule has 3 aliphatic heterocycles. The molecular formula is C55H69ClFN7O6. The van der Waals surface area contributed by atoms with E-state index in [2.05, 4.69) is 6.07 Å². The van der Waals surface area contributed by atoms with Crippen LogP contribution >= 0.6 is 11.6 Å². The van der Waals surface area contributed by atoms with Crippen molar-refractivity contribution in [1.82, 2.24) is 34.3 Å². The number of amides is 3. The second kappa shape index (κ2) is 20.7. The molecule has 5 heterocycles. The number of carbonyl (C=O) groups is 4. The lowest BCUT2D eigenvalue weighted by Crippen LogP contribution is -2.50. The molecule has 2 aromatic carbocycles. The number of benzene rings is 2. The molecule has 3 amide bonds. The van der Waals surface area contributed by atoms with E-state index in [0.29, 0.717) is 88.2 Å². The highest BCUT2D eigenvalue weighted by atomic mass is 35.5. The van der Waals surface area contributed by atoms with Gasteiger partial charge in [-0.25, -0.2) is 4.39 Å². The number of Topliss-reactive ketones (excluding diaryl/α,β-unsaturated/α-hetero) is 1. The highest BCUT2D eigenvalue weighted by molar-refractivity contribution is 6.31. The van der Waals surface area contributed by atoms with E-state index >= 15 is 0 Å². The van der Waals surface area contributed by atoms with Gasteiger partial charge in [-0.3, -0.25) is 28.5 Å². The molecule has 13 nitrogen and oxygen atoms in total. The molecule has 3 saturated heterocycles. The van der Waals surface area contributed by atoms with Crippen LogP contribution in [0.15, 0.2) is 42.5 Å². The Morgan fingerprint density at radius 3 is 2.17 bits per heavy atom. The predicted octanol–water partition coefficient (Wildman–Crippen LogP) is 8.29. The molecule has 0 bridgehead atoms. The van der Waals surface area contributed by atoms with Gasteiger partial charge in [0.05, 0.1) is 31.0 Å². The van der Waals surface area contributed by atoms with Crippen molar-refractivity contribution >= 4 is 35.1 Å². The summed E-state index contributed by atoms with van der Waals surface area (Å²) in [6.45, 7) is 11.1. The Labute approximate surface area is 416 Å². The quantitative estimate of drug-likeness (QED) is 0.131. The van der Waals surface area contributed by atoms with Crippen LogP contribution in [-0.2, 0) is 57.8 Å². The summed E-state index contributed by atoms with van der Waals surface area (Å²) in [7, 11) is 0. The van der Waals surface area contributed by atoms with Gasteiger partial charge in [-0.15, -0.1) is 0 Å². The van der Waals surface area contributed by atoms with Crippen LogP contribution in [0.25, 0.3) is 0 Å². The van der Waals surface area contributed by atoms with E-state index in [-0.39, 0.29) is 78.7 Å². The van der Waals surface area contributed by atoms with Crippen LogP contribution in [0.1, 0.15) is 151 Å². The summed E-state index contributed by atoms with van der Waals surface area (Å²) >= 11 is 6.52. The molecule has 3 aliphatic carbocycles. The summed E-state index contributed by atoms with van der Waals surface area (Å²) in [6.07, 6.45) is 9.97. The molecular weight excluding hydrogens is 909 g/mol. The number of morpholine rings is 2. The van der Waals surface area contributed by atoms with Gasteiger partial charge < -0.3 is 24.2 Å². The molecule has 8 atom stereocenters. The average molecular weight is 979 g/mol. The maximum atomic E-state index is 14.5. The van der Waals surface area contributed by atoms with E-state index in [1.54, 1.807) is 15.4 Å². The zero-order valence-electron chi connectivity index (χ0n) is 41.3. The minimum atomic E-state index is -0.238. The molecule has 70 heavy (non-hydrogen) atoms. The van der Waals surface area contributed by atoms with Crippen molar-refractivity contribution in [3.8, 4) is 0 Å². The van der Waals surface area contributed by atoms with Gasteiger partial charge >= 0.3 is 0 Å². The van der Waals surface area contributed by atoms with Crippen molar-refractivity contribution in [2.45, 2.75) is 161 Å². The van der Waals surface area contributed by atoms with Crippen molar-refractivity contribution in [2.24, 2.45) is 11.8 Å². The fourth-order valence-electron chi connectivity index (χ4n) is 13.0. The Bertz CT molecular complexity index is 2620. The highest BCUT2D eigenvalue weighted by Gasteiger charge is 2.40. The third-order valence-electron chi connectivity index (χ3n) is 16.3. The molecule has 4 unspecified atom stereocenters. The number of rotatable bonds is 13. The number of nitrogens with zero attached hydrogens (tertiary/aromatic N) is 7. The molecule has 2 aromatic heterocycles. The largest absolute Gasteiger partial charge is 0.372 e. The molecule has 1 saturated carbocycles. The molecule has 10 rings (SSSR count). The number of ether oxygens (including phenoxy) is 2. The molecule has 15 heteroatoms. The van der Waals surface area contributed by atoms with Gasteiger partial charge in [-0.05, 0) is 138 Å². The maximum Gasteiger partial charge on any atom is 0.274 e. The number of aromatic nitrogens is 4. The topological polar surface area (TPSA) is 132 Å². The van der Waals surface area contributed by atoms with Crippen LogP contribution in [-0.4, -0.2) is 121 Å². The Morgan fingerprint density at radius 1 is 0.700 bits per heavy atom. The number of ketones is 1. The van der Waals surface area contributed by atoms with Gasteiger partial charge in [0, 0.05) is 79.1 Å². The van der Waals surface area contributed by atoms with Crippen molar-refractivity contribution < 1.29 is 33.0 Å². The smallest absolute Gasteiger partial charge is 0.274 e. The maximum absolute atomic E-state index is 14.5. The average Bonchev–Trinajstić information content (AvgIpc) is 4.19. The number of carbonyl (C=O) groups excluding carboxylic acids is 4. The first kappa shape index (κ1) is 48.7. The standard InChI is InChI=1S/C55H69ClFN7O6/c1-33-26-61(27-34(2)69-33)55(68)53-46-24-38(25-50(46)63(59-53)30-41(65)19-18-37-10-7-11-39(22-37)43-13-8-16-48(57)36(43)4)23-42-31-62(28-35(3)70-42)54(67)52-45-14-9-17-49(45)64(58-52)32-51(66)60-21-20-40(29-60)44-12-5-6-15-47(44)56/h5-6,8,12-13,15-16,33-35,37-40,42H,7,9-11,14,17-32H2,1-4H3/t33-,34+,35-,37?,38?,39?,40?,42+/m1/s1. The van der Waals surface area contributed by atoms with Crippen LogP contribution in [0.2, 0.25) is 5.02 Å². The Morgan fingerprint density at radius 2 is 1.40 bits per heavy atom. The van der Waals surface area contributed by atoms with Crippen molar-refractivity contribution in [2.75, 3.05) is 39.3 Å². The van der Waals surface area contributed by atoms with Crippen LogP contribution < -0.4 is 0 Å². The molecule has 6 aliphatic rings. The van der Waals surface area contributed by atoms with Crippen molar-refractivity contribution in [1.29, 1.82) is 0 Å². The summed E-state index contributed by atoms with van der Waals surface area (Å²) in [5.74, 6) is 0.696. The first-order chi connectivity index (χ1) is 33.8. The van der Waals surface area contributed by atoms with E-state index in [4.69, 9.17) is 31.3 Å². The van der Waals surface area contributed by atoms with Crippen LogP contribution in [0.4, 0.5) is 4.39 Å². The molecule has 4 aromatic rings. The predicted molar refractivity (Wildman–Crippen MR) is 264 cm³/mol. The molecule has 0 N–H and O–H groups in total. The lowest BCUT2D eigenvalue weighted by Gasteiger charge is -2.37. The number of halogens is 2. The number of likely N-dealkylation sites (tertiary alicyclic amines) is 1. The van der Waals surface area contributed by atoms with E-state index < -0.39 is 0 Å². The van der Waals surface area contributed by atoms with Gasteiger partial charge in [-0.2, -0.15) is 10.2 Å². The van der Waals surface area contributed by atoms with E-state index in [1.807, 2.05) is 66.7 Å². The fourth-order valence-corrected chi connectivity index (χ4v) is 13.3. The van der Waals surface area contributed by atoms with E-state index in [0.717, 1.165) is 102 Å². The third kappa shape index (κ3) is 10.2. The first-order valence-electron chi connectivity index (χ1n) is 26.1. The van der Waals surface area contributed by atoms with Gasteiger partial charge in [0.1, 0.15) is 12.4 Å². The van der Waals surface area contributed by atoms with Crippen LogP contribution in [0.5, 0.6) is 0 Å². The van der Waals surface area contributed by atoms with E-state index in [1.165, 1.54) is 6.07 Å².